The van der Waals surface area contributed by atoms with Crippen molar-refractivity contribution in [2.75, 3.05) is 13.3 Å². The number of imidazole rings is 1. The highest BCUT2D eigenvalue weighted by molar-refractivity contribution is 6.16. The van der Waals surface area contributed by atoms with E-state index in [1.165, 1.54) is 4.42 Å². The molecule has 0 saturated carbocycles. The van der Waals surface area contributed by atoms with Crippen LogP contribution in [0.4, 0.5) is 0 Å². The van der Waals surface area contributed by atoms with Crippen molar-refractivity contribution in [1.82, 2.24) is 14.0 Å². The van der Waals surface area contributed by atoms with E-state index >= 15 is 0 Å². The van der Waals surface area contributed by atoms with Crippen molar-refractivity contribution < 1.29 is 14.9 Å². The summed E-state index contributed by atoms with van der Waals surface area (Å²) in [5.41, 5.74) is 6.40. The molecular formula is C10H14ClN5O3. The predicted octanol–water partition coefficient (Wildman–Crippen LogP) is -2.41. The van der Waals surface area contributed by atoms with Crippen LogP contribution in [0.5, 0.6) is 0 Å². The average Bonchev–Trinajstić information content (AvgIpc) is 2.97. The van der Waals surface area contributed by atoms with E-state index in [4.69, 9.17) is 27.4 Å². The van der Waals surface area contributed by atoms with Crippen LogP contribution in [-0.4, -0.2) is 49.7 Å². The van der Waals surface area contributed by atoms with E-state index in [1.807, 2.05) is 0 Å². The van der Waals surface area contributed by atoms with Crippen LogP contribution in [0.25, 0.3) is 5.82 Å². The molecule has 8 nitrogen and oxygen atoms in total. The quantitative estimate of drug-likeness (QED) is 0.523. The lowest BCUT2D eigenvalue weighted by atomic mass is 10.2. The maximum absolute atomic E-state index is 9.75. The van der Waals surface area contributed by atoms with Gasteiger partial charge in [-0.2, -0.15) is 0 Å². The molecule has 2 aliphatic rings. The van der Waals surface area contributed by atoms with Gasteiger partial charge in [-0.15, -0.1) is 0 Å². The maximum Gasteiger partial charge on any atom is 0.163 e. The highest BCUT2D eigenvalue weighted by atomic mass is 35.5. The largest absolute Gasteiger partial charge is 0.394 e. The van der Waals surface area contributed by atoms with Crippen LogP contribution in [0.1, 0.15) is 12.6 Å². The fourth-order valence-electron chi connectivity index (χ4n) is 2.27. The second kappa shape index (κ2) is 4.64. The summed E-state index contributed by atoms with van der Waals surface area (Å²) in [6, 6.07) is 0. The van der Waals surface area contributed by atoms with Crippen LogP contribution >= 0.6 is 11.8 Å². The molecule has 0 amide bonds. The van der Waals surface area contributed by atoms with Gasteiger partial charge in [0.15, 0.2) is 5.49 Å². The molecule has 104 valence electrons. The summed E-state index contributed by atoms with van der Waals surface area (Å²) in [5, 5.41) is 19.3. The number of nitrogens with two attached hydrogens (primary N) is 1. The van der Waals surface area contributed by atoms with Crippen molar-refractivity contribution >= 4 is 17.6 Å². The molecule has 2 aliphatic heterocycles. The smallest absolute Gasteiger partial charge is 0.163 e. The molecule has 0 aliphatic carbocycles. The normalized spacial score (nSPS) is 30.4. The highest BCUT2D eigenvalue weighted by Gasteiger charge is 2.35. The zero-order valence-corrected chi connectivity index (χ0v) is 10.7. The summed E-state index contributed by atoms with van der Waals surface area (Å²) in [6.07, 6.45) is 0.212. The van der Waals surface area contributed by atoms with Crippen LogP contribution in [0.15, 0.2) is 11.3 Å². The van der Waals surface area contributed by atoms with Gasteiger partial charge in [0.25, 0.3) is 0 Å². The minimum Gasteiger partial charge on any atom is -0.394 e. The molecule has 0 spiro atoms. The standard InChI is InChI=1S/C10H14ClN5O3/c11-16-4-14-10-8(9(16)12)13-3-15(10)7-1-5(18)6(2-17)19-7/h3,5-7,17-18H,1-2,4,12H2/t5-,6+,7+/m0/s1. The molecule has 1 aromatic heterocycles. The number of fused-ring (bicyclic) bond motifs is 1. The molecule has 1 saturated heterocycles. The molecule has 3 heterocycles. The van der Waals surface area contributed by atoms with Crippen LogP contribution in [0, 0.1) is 0 Å². The number of hydrogen-bond acceptors (Lipinski definition) is 7. The number of rotatable bonds is 2. The summed E-state index contributed by atoms with van der Waals surface area (Å²) in [6.45, 7) is 0.000202. The molecule has 3 rings (SSSR count). The van der Waals surface area contributed by atoms with Gasteiger partial charge < -0.3 is 20.7 Å². The molecule has 1 fully saturated rings. The number of aliphatic hydroxyl groups is 2. The Morgan fingerprint density at radius 2 is 2.37 bits per heavy atom. The highest BCUT2D eigenvalue weighted by Crippen LogP contribution is 2.27. The Hall–Kier alpha value is -1.35. The molecule has 19 heavy (non-hydrogen) atoms. The lowest BCUT2D eigenvalue weighted by molar-refractivity contribution is -0.0456. The minimum atomic E-state index is -0.706. The zero-order valence-electron chi connectivity index (χ0n) is 9.98. The molecule has 0 radical (unpaired) electrons. The van der Waals surface area contributed by atoms with Crippen molar-refractivity contribution in [3.63, 3.8) is 0 Å². The van der Waals surface area contributed by atoms with Gasteiger partial charge in [0.1, 0.15) is 30.2 Å². The van der Waals surface area contributed by atoms with E-state index in [1.54, 1.807) is 10.9 Å². The van der Waals surface area contributed by atoms with Crippen molar-refractivity contribution in [3.05, 3.63) is 17.2 Å². The number of aliphatic hydroxyl groups excluding tert-OH is 2. The SMILES string of the molecule is NC1=c2ncn([C@H]3C[C@H](O)[C@@H](CO)O3)c2=NCN1Cl. The average molecular weight is 288 g/mol. The molecule has 0 unspecified atom stereocenters. The summed E-state index contributed by atoms with van der Waals surface area (Å²) in [4.78, 5) is 8.44. The summed E-state index contributed by atoms with van der Waals surface area (Å²) in [5.74, 6) is 0.336. The monoisotopic (exact) mass is 287 g/mol. The molecule has 0 aromatic carbocycles. The molecular weight excluding hydrogens is 274 g/mol. The minimum absolute atomic E-state index is 0.227. The molecule has 1 aromatic rings. The van der Waals surface area contributed by atoms with Gasteiger partial charge in [0.2, 0.25) is 0 Å². The summed E-state index contributed by atoms with van der Waals surface area (Å²) in [7, 11) is 0. The fourth-order valence-corrected chi connectivity index (χ4v) is 2.41. The van der Waals surface area contributed by atoms with Gasteiger partial charge in [-0.25, -0.2) is 14.4 Å². The van der Waals surface area contributed by atoms with Crippen LogP contribution < -0.4 is 16.6 Å². The first-order valence-electron chi connectivity index (χ1n) is 5.86. The third-order valence-corrected chi connectivity index (χ3v) is 3.60. The van der Waals surface area contributed by atoms with Gasteiger partial charge in [0, 0.05) is 18.2 Å². The van der Waals surface area contributed by atoms with Crippen LogP contribution in [-0.2, 0) is 4.74 Å². The third-order valence-electron chi connectivity index (χ3n) is 3.31. The van der Waals surface area contributed by atoms with Crippen LogP contribution in [0.3, 0.4) is 0 Å². The van der Waals surface area contributed by atoms with E-state index in [0.717, 1.165) is 0 Å². The van der Waals surface area contributed by atoms with Gasteiger partial charge >= 0.3 is 0 Å². The zero-order chi connectivity index (χ0) is 13.6. The Morgan fingerprint density at radius 3 is 3.05 bits per heavy atom. The number of ether oxygens (including phenoxy) is 1. The van der Waals surface area contributed by atoms with E-state index in [-0.39, 0.29) is 13.3 Å². The van der Waals surface area contributed by atoms with Crippen LogP contribution in [0.2, 0.25) is 0 Å². The first-order valence-corrected chi connectivity index (χ1v) is 6.20. The Labute approximate surface area is 113 Å². The number of aromatic nitrogens is 2. The number of hydrogen-bond donors (Lipinski definition) is 3. The third kappa shape index (κ3) is 1.96. The van der Waals surface area contributed by atoms with Gasteiger partial charge in [-0.3, -0.25) is 4.57 Å². The Bertz CT molecular complexity index is 603. The Balaban J connectivity index is 2.00. The second-order valence-corrected chi connectivity index (χ2v) is 4.89. The summed E-state index contributed by atoms with van der Waals surface area (Å²) < 4.78 is 8.54. The van der Waals surface area contributed by atoms with Crippen molar-refractivity contribution in [3.8, 4) is 0 Å². The van der Waals surface area contributed by atoms with E-state index in [0.29, 0.717) is 23.1 Å². The lowest BCUT2D eigenvalue weighted by Crippen LogP contribution is -2.43. The Kier molecular flexibility index (Phi) is 3.09. The molecule has 4 N–H and O–H groups in total. The molecule has 9 heteroatoms. The predicted molar refractivity (Wildman–Crippen MR) is 64.8 cm³/mol. The second-order valence-electron chi connectivity index (χ2n) is 4.49. The lowest BCUT2D eigenvalue weighted by Gasteiger charge is -2.17. The van der Waals surface area contributed by atoms with Crippen molar-refractivity contribution in [2.45, 2.75) is 24.9 Å². The molecule has 3 atom stereocenters. The fraction of sp³-hybridized carbons (Fsp3) is 0.600. The Morgan fingerprint density at radius 1 is 1.58 bits per heavy atom. The van der Waals surface area contributed by atoms with Gasteiger partial charge in [-0.1, -0.05) is 0 Å². The van der Waals surface area contributed by atoms with Crippen molar-refractivity contribution in [2.24, 2.45) is 10.7 Å². The summed E-state index contributed by atoms with van der Waals surface area (Å²) >= 11 is 5.86. The van der Waals surface area contributed by atoms with E-state index in [2.05, 4.69) is 9.98 Å². The topological polar surface area (TPSA) is 109 Å². The van der Waals surface area contributed by atoms with Crippen molar-refractivity contribution in [1.29, 1.82) is 0 Å². The van der Waals surface area contributed by atoms with Gasteiger partial charge in [0.05, 0.1) is 19.0 Å². The number of nitrogens with zero attached hydrogens (tertiary/aromatic N) is 4. The first kappa shape index (κ1) is 12.7. The maximum atomic E-state index is 9.75. The van der Waals surface area contributed by atoms with E-state index in [9.17, 15) is 5.11 Å². The van der Waals surface area contributed by atoms with Gasteiger partial charge in [-0.05, 0) is 0 Å². The van der Waals surface area contributed by atoms with E-state index < -0.39 is 18.4 Å². The first-order chi connectivity index (χ1) is 9.11. The molecule has 0 bridgehead atoms. The number of halogens is 1.